The molecule has 5 atom stereocenters. The summed E-state index contributed by atoms with van der Waals surface area (Å²) in [4.78, 5) is 101. The first-order chi connectivity index (χ1) is 31.4. The molecule has 376 valence electrons. The maximum absolute atomic E-state index is 14.1. The molecule has 0 aliphatic carbocycles. The minimum Gasteiger partial charge on any atom is -0.370 e. The van der Waals surface area contributed by atoms with Crippen LogP contribution < -0.4 is 48.3 Å². The van der Waals surface area contributed by atoms with Crippen LogP contribution in [0.2, 0.25) is 0 Å². The summed E-state index contributed by atoms with van der Waals surface area (Å²) in [6, 6.07) is -5.47. The van der Waals surface area contributed by atoms with E-state index in [4.69, 9.17) is 11.1 Å². The summed E-state index contributed by atoms with van der Waals surface area (Å²) in [6.07, 6.45) is 19.6. The second-order valence-electron chi connectivity index (χ2n) is 18.5. The molecule has 0 saturated carbocycles. The summed E-state index contributed by atoms with van der Waals surface area (Å²) in [7, 11) is 1.46. The molecular weight excluding hydrogens is 845 g/mol. The Morgan fingerprint density at radius 2 is 1.14 bits per heavy atom. The highest BCUT2D eigenvalue weighted by Crippen LogP contribution is 2.14. The van der Waals surface area contributed by atoms with Gasteiger partial charge in [0.05, 0.1) is 18.6 Å². The zero-order valence-corrected chi connectivity index (χ0v) is 41.3. The summed E-state index contributed by atoms with van der Waals surface area (Å²) < 4.78 is 0. The number of nitrogens with zero attached hydrogens (tertiary/aromatic N) is 1. The van der Waals surface area contributed by atoms with Gasteiger partial charge in [0.15, 0.2) is 5.96 Å². The van der Waals surface area contributed by atoms with E-state index in [1.807, 2.05) is 13.8 Å². The molecule has 0 fully saturated rings. The molecule has 0 radical (unpaired) electrons. The van der Waals surface area contributed by atoms with E-state index in [9.17, 15) is 33.6 Å². The number of unbranched alkanes of at least 4 members (excludes halogenated alkanes) is 12. The van der Waals surface area contributed by atoms with Gasteiger partial charge in [0, 0.05) is 32.6 Å². The van der Waals surface area contributed by atoms with Gasteiger partial charge >= 0.3 is 0 Å². The van der Waals surface area contributed by atoms with Crippen LogP contribution in [0.15, 0.2) is 12.5 Å². The summed E-state index contributed by atoms with van der Waals surface area (Å²) in [5.41, 5.74) is 5.86. The van der Waals surface area contributed by atoms with E-state index in [1.54, 1.807) is 33.9 Å². The lowest BCUT2D eigenvalue weighted by molar-refractivity contribution is -0.136. The number of rotatable bonds is 36. The number of nitrogens with one attached hydrogen (secondary N) is 10. The van der Waals surface area contributed by atoms with Gasteiger partial charge in [-0.25, -0.2) is 4.98 Å². The van der Waals surface area contributed by atoms with Crippen molar-refractivity contribution in [2.75, 3.05) is 20.1 Å². The molecular formula is C47H86N12O7. The number of carbonyl (C=O) groups excluding carboxylic acids is 7. The van der Waals surface area contributed by atoms with Crippen molar-refractivity contribution >= 4 is 47.3 Å². The summed E-state index contributed by atoms with van der Waals surface area (Å²) >= 11 is 0. The van der Waals surface area contributed by atoms with Crippen LogP contribution in [0.25, 0.3) is 0 Å². The topological polar surface area (TPSA) is 294 Å². The SMILES string of the molecule is CCCCCCCCCCCCCCCC(=O)NCC(=O)N[C@H](C(=O)N[C@H](C(=O)N[C@@H](Cc1c[nH]cn1)C(=O)N[C@@H](CCCNC(=N)N)C(=O)N[C@@H](CC(C)C)C(=O)NC)C(C)C)C(C)C. The van der Waals surface area contributed by atoms with E-state index < -0.39 is 71.6 Å². The number of carbonyl (C=O) groups is 7. The van der Waals surface area contributed by atoms with Crippen molar-refractivity contribution in [3.63, 3.8) is 0 Å². The van der Waals surface area contributed by atoms with Gasteiger partial charge in [0.25, 0.3) is 0 Å². The van der Waals surface area contributed by atoms with Crippen LogP contribution in [-0.2, 0) is 40.0 Å². The number of hydrogen-bond donors (Lipinski definition) is 11. The van der Waals surface area contributed by atoms with Crippen molar-refractivity contribution in [3.05, 3.63) is 18.2 Å². The van der Waals surface area contributed by atoms with Gasteiger partial charge in [0.2, 0.25) is 41.4 Å². The van der Waals surface area contributed by atoms with Crippen molar-refractivity contribution in [2.24, 2.45) is 23.5 Å². The van der Waals surface area contributed by atoms with Crippen LogP contribution in [0.5, 0.6) is 0 Å². The fourth-order valence-corrected chi connectivity index (χ4v) is 7.41. The lowest BCUT2D eigenvalue weighted by atomic mass is 9.99. The zero-order valence-electron chi connectivity index (χ0n) is 41.3. The van der Waals surface area contributed by atoms with Crippen molar-refractivity contribution in [1.29, 1.82) is 5.41 Å². The molecule has 66 heavy (non-hydrogen) atoms. The Labute approximate surface area is 393 Å². The summed E-state index contributed by atoms with van der Waals surface area (Å²) in [5, 5.41) is 29.0. The standard InChI is InChI=1S/C47H86N12O7/c1-9-10-11-12-13-14-15-16-17-18-19-20-21-24-38(60)53-29-39(61)58-40(32(4)5)46(66)59-41(33(6)7)45(65)57-37(27-34-28-51-30-54-34)44(64)55-35(23-22-25-52-47(48)49)43(63)56-36(26-31(2)3)42(62)50-8/h28,30-33,35-37,40-41H,9-27,29H2,1-8H3,(H,50,62)(H,51,54)(H,53,60)(H,55,64)(H,56,63)(H,57,65)(H,58,61)(H,59,66)(H4,48,49,52)/t35-,36-,37-,40-,41-/m0/s1. The monoisotopic (exact) mass is 931 g/mol. The predicted octanol–water partition coefficient (Wildman–Crippen LogP) is 3.34. The Morgan fingerprint density at radius 1 is 0.621 bits per heavy atom. The molecule has 1 aromatic heterocycles. The van der Waals surface area contributed by atoms with E-state index in [1.165, 1.54) is 71.2 Å². The van der Waals surface area contributed by atoms with Crippen LogP contribution in [0.3, 0.4) is 0 Å². The molecule has 19 heteroatoms. The Kier molecular flexibility index (Phi) is 30.4. The normalized spacial score (nSPS) is 13.5. The van der Waals surface area contributed by atoms with E-state index in [2.05, 4.69) is 59.4 Å². The summed E-state index contributed by atoms with van der Waals surface area (Å²) in [5.74, 6) is -4.88. The van der Waals surface area contributed by atoms with Crippen LogP contribution in [-0.4, -0.2) is 108 Å². The van der Waals surface area contributed by atoms with E-state index in [-0.39, 0.29) is 49.6 Å². The maximum atomic E-state index is 14.1. The molecule has 19 nitrogen and oxygen atoms in total. The molecule has 0 aromatic carbocycles. The number of imidazole rings is 1. The molecule has 0 aliphatic rings. The molecule has 1 heterocycles. The number of nitrogens with two attached hydrogens (primary N) is 1. The second-order valence-corrected chi connectivity index (χ2v) is 18.5. The lowest BCUT2D eigenvalue weighted by Gasteiger charge is -2.29. The first kappa shape index (κ1) is 58.8. The number of likely N-dealkylation sites (N-methyl/N-ethyl adjacent to an activating group) is 1. The fraction of sp³-hybridized carbons (Fsp3) is 0.766. The van der Waals surface area contributed by atoms with Gasteiger partial charge in [-0.3, -0.25) is 39.0 Å². The number of guanidine groups is 1. The molecule has 0 saturated heterocycles. The van der Waals surface area contributed by atoms with Gasteiger partial charge in [-0.1, -0.05) is 126 Å². The molecule has 0 aliphatic heterocycles. The first-order valence-corrected chi connectivity index (χ1v) is 24.4. The van der Waals surface area contributed by atoms with Gasteiger partial charge in [0.1, 0.15) is 30.2 Å². The highest BCUT2D eigenvalue weighted by atomic mass is 16.2. The first-order valence-electron chi connectivity index (χ1n) is 24.4. The predicted molar refractivity (Wildman–Crippen MR) is 258 cm³/mol. The lowest BCUT2D eigenvalue weighted by Crippen LogP contribution is -2.61. The molecule has 0 bridgehead atoms. The van der Waals surface area contributed by atoms with Gasteiger partial charge < -0.3 is 53.3 Å². The molecule has 0 unspecified atom stereocenters. The minimum atomic E-state index is -1.26. The molecule has 0 spiro atoms. The average Bonchev–Trinajstić information content (AvgIpc) is 3.78. The Balaban J connectivity index is 2.93. The Morgan fingerprint density at radius 3 is 1.65 bits per heavy atom. The smallest absolute Gasteiger partial charge is 0.243 e. The largest absolute Gasteiger partial charge is 0.370 e. The third-order valence-corrected chi connectivity index (χ3v) is 11.3. The highest BCUT2D eigenvalue weighted by Gasteiger charge is 2.34. The Hall–Kier alpha value is -5.23. The van der Waals surface area contributed by atoms with Gasteiger partial charge in [-0.2, -0.15) is 0 Å². The average molecular weight is 931 g/mol. The highest BCUT2D eigenvalue weighted by molar-refractivity contribution is 5.97. The van der Waals surface area contributed by atoms with E-state index in [0.717, 1.165) is 25.7 Å². The minimum absolute atomic E-state index is 0.0616. The Bertz CT molecular complexity index is 1600. The number of aromatic nitrogens is 2. The molecule has 12 N–H and O–H groups in total. The molecule has 7 amide bonds. The van der Waals surface area contributed by atoms with Crippen molar-refractivity contribution in [3.8, 4) is 0 Å². The van der Waals surface area contributed by atoms with Crippen molar-refractivity contribution in [1.82, 2.24) is 52.5 Å². The van der Waals surface area contributed by atoms with Crippen LogP contribution in [0.4, 0.5) is 0 Å². The third kappa shape index (κ3) is 26.1. The molecule has 1 rings (SSSR count). The third-order valence-electron chi connectivity index (χ3n) is 11.3. The van der Waals surface area contributed by atoms with Crippen molar-refractivity contribution in [2.45, 2.75) is 194 Å². The summed E-state index contributed by atoms with van der Waals surface area (Å²) in [6.45, 7) is 12.9. The zero-order chi connectivity index (χ0) is 49.4. The number of H-pyrrole nitrogens is 1. The van der Waals surface area contributed by atoms with Crippen LogP contribution in [0, 0.1) is 23.2 Å². The van der Waals surface area contributed by atoms with Gasteiger partial charge in [-0.05, 0) is 43.4 Å². The maximum Gasteiger partial charge on any atom is 0.243 e. The van der Waals surface area contributed by atoms with Crippen LogP contribution in [0.1, 0.15) is 163 Å². The van der Waals surface area contributed by atoms with E-state index >= 15 is 0 Å². The number of aromatic amines is 1. The molecule has 1 aromatic rings. The number of hydrogen-bond acceptors (Lipinski definition) is 9. The quantitative estimate of drug-likeness (QED) is 0.0265. The van der Waals surface area contributed by atoms with Gasteiger partial charge in [-0.15, -0.1) is 0 Å². The second kappa shape index (κ2) is 34.1. The van der Waals surface area contributed by atoms with Crippen LogP contribution >= 0.6 is 0 Å². The van der Waals surface area contributed by atoms with Crippen molar-refractivity contribution < 1.29 is 33.6 Å². The fourth-order valence-electron chi connectivity index (χ4n) is 7.41. The number of amides is 7. The van der Waals surface area contributed by atoms with E-state index in [0.29, 0.717) is 25.0 Å².